The molecule has 1 fully saturated rings. The van der Waals surface area contributed by atoms with E-state index in [1.807, 2.05) is 18.7 Å². The quantitative estimate of drug-likeness (QED) is 0.733. The number of halogens is 1. The Morgan fingerprint density at radius 3 is 2.00 bits per heavy atom. The van der Waals surface area contributed by atoms with Gasteiger partial charge in [-0.3, -0.25) is 4.79 Å². The van der Waals surface area contributed by atoms with Crippen LogP contribution in [0.15, 0.2) is 0 Å². The summed E-state index contributed by atoms with van der Waals surface area (Å²) in [7, 11) is 3.30. The summed E-state index contributed by atoms with van der Waals surface area (Å²) in [5, 5.41) is 0. The van der Waals surface area contributed by atoms with Crippen LogP contribution in [0.2, 0.25) is 0 Å². The second-order valence-electron chi connectivity index (χ2n) is 4.44. The average Bonchev–Trinajstić information content (AvgIpc) is 2.69. The van der Waals surface area contributed by atoms with Gasteiger partial charge in [0.2, 0.25) is 5.91 Å². The van der Waals surface area contributed by atoms with Crippen molar-refractivity contribution in [3.63, 3.8) is 0 Å². The van der Waals surface area contributed by atoms with E-state index < -0.39 is 0 Å². The van der Waals surface area contributed by atoms with E-state index >= 15 is 0 Å². The molecule has 1 heterocycles. The Kier molecular flexibility index (Phi) is 5.21. The second kappa shape index (κ2) is 5.98. The Morgan fingerprint density at radius 2 is 1.69 bits per heavy atom. The first-order valence-electron chi connectivity index (χ1n) is 5.49. The minimum absolute atomic E-state index is 0.0131. The molecule has 1 amide bonds. The number of likely N-dealkylation sites (tertiary alicyclic amines) is 1. The van der Waals surface area contributed by atoms with Crippen molar-refractivity contribution >= 4 is 21.8 Å². The van der Waals surface area contributed by atoms with Gasteiger partial charge in [-0.2, -0.15) is 0 Å². The Bertz CT molecular complexity index is 235. The minimum Gasteiger partial charge on any atom is -0.377 e. The molecule has 1 rings (SSSR count). The van der Waals surface area contributed by atoms with E-state index in [0.717, 1.165) is 0 Å². The van der Waals surface area contributed by atoms with E-state index in [1.165, 1.54) is 0 Å². The molecule has 0 aromatic carbocycles. The third kappa shape index (κ3) is 2.96. The molecule has 3 atom stereocenters. The van der Waals surface area contributed by atoms with E-state index in [2.05, 4.69) is 15.9 Å². The number of carbonyl (C=O) groups excluding carboxylic acids is 1. The van der Waals surface area contributed by atoms with Crippen LogP contribution in [0.25, 0.3) is 0 Å². The van der Waals surface area contributed by atoms with Gasteiger partial charge < -0.3 is 14.4 Å². The molecule has 0 bridgehead atoms. The smallest absolute Gasteiger partial charge is 0.236 e. The monoisotopic (exact) mass is 293 g/mol. The summed E-state index contributed by atoms with van der Waals surface area (Å²) in [6.07, 6.45) is -0.0263. The highest BCUT2D eigenvalue weighted by molar-refractivity contribution is 9.10. The number of alkyl halides is 1. The number of carbonyl (C=O) groups is 1. The highest BCUT2D eigenvalue weighted by Crippen LogP contribution is 2.21. The lowest BCUT2D eigenvalue weighted by Crippen LogP contribution is -2.38. The van der Waals surface area contributed by atoms with Gasteiger partial charge in [0.15, 0.2) is 0 Å². The predicted molar refractivity (Wildman–Crippen MR) is 65.7 cm³/mol. The zero-order valence-corrected chi connectivity index (χ0v) is 11.9. The maximum Gasteiger partial charge on any atom is 0.236 e. The average molecular weight is 294 g/mol. The topological polar surface area (TPSA) is 38.8 Å². The molecule has 0 spiro atoms. The lowest BCUT2D eigenvalue weighted by molar-refractivity contribution is -0.130. The summed E-state index contributed by atoms with van der Waals surface area (Å²) in [4.78, 5) is 13.8. The van der Waals surface area contributed by atoms with Crippen molar-refractivity contribution in [3.8, 4) is 0 Å². The van der Waals surface area contributed by atoms with Crippen LogP contribution in [0.5, 0.6) is 0 Å². The molecule has 0 radical (unpaired) electrons. The number of nitrogens with zero attached hydrogens (tertiary/aromatic N) is 1. The van der Waals surface area contributed by atoms with Gasteiger partial charge in [0.05, 0.1) is 4.83 Å². The van der Waals surface area contributed by atoms with Gasteiger partial charge >= 0.3 is 0 Å². The Morgan fingerprint density at radius 1 is 1.25 bits per heavy atom. The van der Waals surface area contributed by atoms with Gasteiger partial charge in [-0.05, 0) is 5.92 Å². The summed E-state index contributed by atoms with van der Waals surface area (Å²) in [6.45, 7) is 5.27. The fraction of sp³-hybridized carbons (Fsp3) is 0.909. The first-order chi connectivity index (χ1) is 7.51. The molecule has 1 aliphatic heterocycles. The molecule has 0 N–H and O–H groups in total. The van der Waals surface area contributed by atoms with Crippen molar-refractivity contribution in [1.82, 2.24) is 4.90 Å². The zero-order chi connectivity index (χ0) is 12.3. The molecule has 3 unspecified atom stereocenters. The summed E-state index contributed by atoms with van der Waals surface area (Å²) in [6, 6.07) is 0. The van der Waals surface area contributed by atoms with Crippen molar-refractivity contribution < 1.29 is 14.3 Å². The predicted octanol–water partition coefficient (Wildman–Crippen LogP) is 1.28. The maximum absolute atomic E-state index is 12.1. The molecule has 0 aromatic rings. The maximum atomic E-state index is 12.1. The normalized spacial score (nSPS) is 27.5. The number of ether oxygens (including phenoxy) is 2. The third-order valence-electron chi connectivity index (χ3n) is 2.95. The largest absolute Gasteiger partial charge is 0.377 e. The van der Waals surface area contributed by atoms with E-state index in [-0.39, 0.29) is 28.9 Å². The van der Waals surface area contributed by atoms with Crippen molar-refractivity contribution in [2.45, 2.75) is 30.9 Å². The summed E-state index contributed by atoms with van der Waals surface area (Å²) in [5.41, 5.74) is 0. The molecule has 5 heteroatoms. The first kappa shape index (κ1) is 13.9. The Labute approximate surface area is 105 Å². The lowest BCUT2D eigenvalue weighted by atomic mass is 10.1. The molecule has 1 aliphatic rings. The summed E-state index contributed by atoms with van der Waals surface area (Å²) in [5.74, 6) is 0.409. The number of hydrogen-bond donors (Lipinski definition) is 0. The minimum atomic E-state index is -0.124. The molecule has 0 aliphatic carbocycles. The van der Waals surface area contributed by atoms with Crippen LogP contribution in [-0.2, 0) is 14.3 Å². The van der Waals surface area contributed by atoms with Crippen LogP contribution >= 0.6 is 15.9 Å². The van der Waals surface area contributed by atoms with Gasteiger partial charge in [-0.15, -0.1) is 0 Å². The number of hydrogen-bond acceptors (Lipinski definition) is 3. The fourth-order valence-electron chi connectivity index (χ4n) is 1.84. The molecule has 16 heavy (non-hydrogen) atoms. The van der Waals surface area contributed by atoms with Gasteiger partial charge in [0.1, 0.15) is 12.2 Å². The number of methoxy groups -OCH3 is 2. The molecule has 4 nitrogen and oxygen atoms in total. The Hall–Kier alpha value is -0.130. The standard InChI is InChI=1S/C11H20BrNO3/c1-7(2)10(12)11(14)13-5-8(15-3)9(6-13)16-4/h7-10H,5-6H2,1-4H3. The molecule has 0 aromatic heterocycles. The van der Waals surface area contributed by atoms with Crippen molar-refractivity contribution in [1.29, 1.82) is 0 Å². The van der Waals surface area contributed by atoms with E-state index in [0.29, 0.717) is 13.1 Å². The van der Waals surface area contributed by atoms with Gasteiger partial charge in [0.25, 0.3) is 0 Å². The van der Waals surface area contributed by atoms with Crippen LogP contribution in [0.3, 0.4) is 0 Å². The zero-order valence-electron chi connectivity index (χ0n) is 10.3. The molecular weight excluding hydrogens is 274 g/mol. The number of rotatable bonds is 4. The van der Waals surface area contributed by atoms with Crippen LogP contribution in [0, 0.1) is 5.92 Å². The highest BCUT2D eigenvalue weighted by atomic mass is 79.9. The van der Waals surface area contributed by atoms with Gasteiger partial charge in [0, 0.05) is 27.3 Å². The van der Waals surface area contributed by atoms with Crippen molar-refractivity contribution in [2.75, 3.05) is 27.3 Å². The van der Waals surface area contributed by atoms with E-state index in [4.69, 9.17) is 9.47 Å². The fourth-order valence-corrected chi connectivity index (χ4v) is 2.13. The van der Waals surface area contributed by atoms with Crippen LogP contribution in [-0.4, -0.2) is 55.2 Å². The SMILES string of the molecule is COC1CN(C(=O)C(Br)C(C)C)CC1OC. The molecule has 0 saturated carbocycles. The molecular formula is C11H20BrNO3. The van der Waals surface area contributed by atoms with Crippen LogP contribution < -0.4 is 0 Å². The van der Waals surface area contributed by atoms with Crippen molar-refractivity contribution in [2.24, 2.45) is 5.92 Å². The summed E-state index contributed by atoms with van der Waals surface area (Å²) >= 11 is 3.43. The van der Waals surface area contributed by atoms with Crippen LogP contribution in [0.4, 0.5) is 0 Å². The second-order valence-corrected chi connectivity index (χ2v) is 5.42. The van der Waals surface area contributed by atoms with E-state index in [9.17, 15) is 4.79 Å². The Balaban J connectivity index is 2.60. The van der Waals surface area contributed by atoms with Gasteiger partial charge in [-0.25, -0.2) is 0 Å². The van der Waals surface area contributed by atoms with E-state index in [1.54, 1.807) is 14.2 Å². The third-order valence-corrected chi connectivity index (χ3v) is 4.40. The van der Waals surface area contributed by atoms with Gasteiger partial charge in [-0.1, -0.05) is 29.8 Å². The number of amides is 1. The molecule has 94 valence electrons. The van der Waals surface area contributed by atoms with Crippen LogP contribution in [0.1, 0.15) is 13.8 Å². The lowest BCUT2D eigenvalue weighted by Gasteiger charge is -2.21. The summed E-state index contributed by atoms with van der Waals surface area (Å²) < 4.78 is 10.6. The first-order valence-corrected chi connectivity index (χ1v) is 6.41. The van der Waals surface area contributed by atoms with Crippen molar-refractivity contribution in [3.05, 3.63) is 0 Å². The molecule has 1 saturated heterocycles. The highest BCUT2D eigenvalue weighted by Gasteiger charge is 2.37.